The van der Waals surface area contributed by atoms with E-state index in [0.717, 1.165) is 11.3 Å². The van der Waals surface area contributed by atoms with Crippen molar-refractivity contribution in [3.8, 4) is 0 Å². The Morgan fingerprint density at radius 3 is 2.75 bits per heavy atom. The highest BCUT2D eigenvalue weighted by atomic mass is 79.9. The van der Waals surface area contributed by atoms with E-state index in [1.807, 2.05) is 25.1 Å². The SMILES string of the molecule is Cc1c(CNC(C)c2ccc(Br)o2)cccc1[N+](=O)[O-]. The van der Waals surface area contributed by atoms with E-state index in [1.165, 1.54) is 6.07 Å². The molecule has 1 atom stereocenters. The Balaban J connectivity index is 2.08. The average Bonchev–Trinajstić information content (AvgIpc) is 2.83. The lowest BCUT2D eigenvalue weighted by atomic mass is 10.1. The molecule has 1 heterocycles. The molecule has 0 amide bonds. The molecule has 0 saturated heterocycles. The van der Waals surface area contributed by atoms with Gasteiger partial charge in [0.2, 0.25) is 0 Å². The molecule has 2 rings (SSSR count). The summed E-state index contributed by atoms with van der Waals surface area (Å²) in [4.78, 5) is 10.5. The Hall–Kier alpha value is -1.66. The number of nitrogens with one attached hydrogen (secondary N) is 1. The van der Waals surface area contributed by atoms with Crippen molar-refractivity contribution in [1.82, 2.24) is 5.32 Å². The third kappa shape index (κ3) is 3.26. The first-order valence-corrected chi connectivity index (χ1v) is 7.00. The predicted octanol–water partition coefficient (Wildman–Crippen LogP) is 4.11. The largest absolute Gasteiger partial charge is 0.453 e. The number of nitrogens with zero attached hydrogens (tertiary/aromatic N) is 1. The van der Waals surface area contributed by atoms with E-state index in [0.29, 0.717) is 16.8 Å². The maximum absolute atomic E-state index is 10.9. The van der Waals surface area contributed by atoms with Crippen LogP contribution in [0.3, 0.4) is 0 Å². The zero-order valence-corrected chi connectivity index (χ0v) is 12.8. The lowest BCUT2D eigenvalue weighted by Gasteiger charge is -2.12. The number of halogens is 1. The van der Waals surface area contributed by atoms with Gasteiger partial charge in [0.1, 0.15) is 5.76 Å². The first-order chi connectivity index (χ1) is 9.49. The van der Waals surface area contributed by atoms with Gasteiger partial charge in [0, 0.05) is 18.2 Å². The molecule has 0 bridgehead atoms. The minimum absolute atomic E-state index is 0.0277. The highest BCUT2D eigenvalue weighted by molar-refractivity contribution is 9.10. The molecule has 106 valence electrons. The van der Waals surface area contributed by atoms with Crippen molar-refractivity contribution in [2.24, 2.45) is 0 Å². The van der Waals surface area contributed by atoms with Gasteiger partial charge in [-0.3, -0.25) is 10.1 Å². The zero-order chi connectivity index (χ0) is 14.7. The van der Waals surface area contributed by atoms with Gasteiger partial charge in [0.15, 0.2) is 4.67 Å². The monoisotopic (exact) mass is 338 g/mol. The van der Waals surface area contributed by atoms with Gasteiger partial charge in [0.05, 0.1) is 11.0 Å². The van der Waals surface area contributed by atoms with Crippen LogP contribution < -0.4 is 5.32 Å². The third-order valence-corrected chi connectivity index (χ3v) is 3.66. The van der Waals surface area contributed by atoms with E-state index in [1.54, 1.807) is 13.0 Å². The maximum atomic E-state index is 10.9. The van der Waals surface area contributed by atoms with Gasteiger partial charge in [-0.15, -0.1) is 0 Å². The molecule has 1 aromatic carbocycles. The van der Waals surface area contributed by atoms with Crippen molar-refractivity contribution in [1.29, 1.82) is 0 Å². The van der Waals surface area contributed by atoms with Gasteiger partial charge >= 0.3 is 0 Å². The summed E-state index contributed by atoms with van der Waals surface area (Å²) in [6.07, 6.45) is 0. The van der Waals surface area contributed by atoms with Gasteiger partial charge in [-0.25, -0.2) is 0 Å². The molecular formula is C14H15BrN2O3. The van der Waals surface area contributed by atoms with Crippen molar-refractivity contribution >= 4 is 21.6 Å². The minimum Gasteiger partial charge on any atom is -0.453 e. The molecule has 1 unspecified atom stereocenters. The fourth-order valence-electron chi connectivity index (χ4n) is 1.98. The van der Waals surface area contributed by atoms with Crippen LogP contribution >= 0.6 is 15.9 Å². The lowest BCUT2D eigenvalue weighted by Crippen LogP contribution is -2.18. The number of nitro groups is 1. The van der Waals surface area contributed by atoms with Gasteiger partial charge in [-0.05, 0) is 47.5 Å². The second-order valence-corrected chi connectivity index (χ2v) is 5.34. The van der Waals surface area contributed by atoms with Crippen molar-refractivity contribution in [2.45, 2.75) is 26.4 Å². The van der Waals surface area contributed by atoms with Crippen LogP contribution in [-0.4, -0.2) is 4.92 Å². The van der Waals surface area contributed by atoms with Crippen LogP contribution in [-0.2, 0) is 6.54 Å². The van der Waals surface area contributed by atoms with Crippen LogP contribution in [0.5, 0.6) is 0 Å². The second kappa shape index (κ2) is 6.19. The molecule has 1 N–H and O–H groups in total. The van der Waals surface area contributed by atoms with Crippen LogP contribution in [0, 0.1) is 17.0 Å². The summed E-state index contributed by atoms with van der Waals surface area (Å²) < 4.78 is 6.16. The molecule has 0 fully saturated rings. The molecule has 0 spiro atoms. The molecular weight excluding hydrogens is 324 g/mol. The number of rotatable bonds is 5. The molecule has 0 aliphatic rings. The summed E-state index contributed by atoms with van der Waals surface area (Å²) in [6.45, 7) is 4.30. The molecule has 0 aliphatic carbocycles. The maximum Gasteiger partial charge on any atom is 0.272 e. The van der Waals surface area contributed by atoms with Crippen LogP contribution in [0.2, 0.25) is 0 Å². The van der Waals surface area contributed by atoms with Crippen molar-refractivity contribution < 1.29 is 9.34 Å². The van der Waals surface area contributed by atoms with Crippen LogP contribution in [0.15, 0.2) is 39.4 Å². The average molecular weight is 339 g/mol. The molecule has 0 aliphatic heterocycles. The fraction of sp³-hybridized carbons (Fsp3) is 0.286. The molecule has 5 nitrogen and oxygen atoms in total. The van der Waals surface area contributed by atoms with E-state index in [-0.39, 0.29) is 16.7 Å². The molecule has 1 aromatic heterocycles. The normalized spacial score (nSPS) is 12.3. The van der Waals surface area contributed by atoms with E-state index in [4.69, 9.17) is 4.42 Å². The highest BCUT2D eigenvalue weighted by Crippen LogP contribution is 2.23. The number of nitro benzene ring substituents is 1. The Morgan fingerprint density at radius 2 is 2.15 bits per heavy atom. The van der Waals surface area contributed by atoms with Crippen LogP contribution in [0.1, 0.15) is 29.9 Å². The Kier molecular flexibility index (Phi) is 4.57. The number of furan rings is 1. The van der Waals surface area contributed by atoms with Gasteiger partial charge in [-0.2, -0.15) is 0 Å². The van der Waals surface area contributed by atoms with Gasteiger partial charge in [-0.1, -0.05) is 12.1 Å². The lowest BCUT2D eigenvalue weighted by molar-refractivity contribution is -0.385. The first kappa shape index (κ1) is 14.7. The van der Waals surface area contributed by atoms with Gasteiger partial charge in [0.25, 0.3) is 5.69 Å². The Morgan fingerprint density at radius 1 is 1.40 bits per heavy atom. The standard InChI is InChI=1S/C14H15BrN2O3/c1-9-11(4-3-5-12(9)17(18)19)8-16-10(2)13-6-7-14(15)20-13/h3-7,10,16H,8H2,1-2H3. The predicted molar refractivity (Wildman–Crippen MR) is 79.5 cm³/mol. The molecule has 2 aromatic rings. The number of hydrogen-bond acceptors (Lipinski definition) is 4. The number of benzene rings is 1. The second-order valence-electron chi connectivity index (χ2n) is 4.56. The van der Waals surface area contributed by atoms with Crippen LogP contribution in [0.4, 0.5) is 5.69 Å². The van der Waals surface area contributed by atoms with E-state index in [2.05, 4.69) is 21.2 Å². The summed E-state index contributed by atoms with van der Waals surface area (Å²) >= 11 is 3.26. The van der Waals surface area contributed by atoms with Crippen molar-refractivity contribution in [2.75, 3.05) is 0 Å². The van der Waals surface area contributed by atoms with Crippen molar-refractivity contribution in [3.05, 3.63) is 62.0 Å². The summed E-state index contributed by atoms with van der Waals surface area (Å²) in [5.41, 5.74) is 1.76. The quantitative estimate of drug-likeness (QED) is 0.657. The molecule has 6 heteroatoms. The molecule has 20 heavy (non-hydrogen) atoms. The zero-order valence-electron chi connectivity index (χ0n) is 11.2. The molecule has 0 radical (unpaired) electrons. The third-order valence-electron chi connectivity index (χ3n) is 3.23. The topological polar surface area (TPSA) is 68.3 Å². The summed E-state index contributed by atoms with van der Waals surface area (Å²) in [5, 5.41) is 14.2. The summed E-state index contributed by atoms with van der Waals surface area (Å²) in [7, 11) is 0. The summed E-state index contributed by atoms with van der Waals surface area (Å²) in [5.74, 6) is 0.819. The Bertz CT molecular complexity index is 625. The smallest absolute Gasteiger partial charge is 0.272 e. The van der Waals surface area contributed by atoms with E-state index < -0.39 is 0 Å². The highest BCUT2D eigenvalue weighted by Gasteiger charge is 2.14. The molecule has 0 saturated carbocycles. The fourth-order valence-corrected chi connectivity index (χ4v) is 2.30. The van der Waals surface area contributed by atoms with E-state index in [9.17, 15) is 10.1 Å². The van der Waals surface area contributed by atoms with Crippen molar-refractivity contribution in [3.63, 3.8) is 0 Å². The Labute approximate surface area is 125 Å². The minimum atomic E-state index is -0.355. The van der Waals surface area contributed by atoms with Crippen LogP contribution in [0.25, 0.3) is 0 Å². The van der Waals surface area contributed by atoms with E-state index >= 15 is 0 Å². The number of hydrogen-bond donors (Lipinski definition) is 1. The first-order valence-electron chi connectivity index (χ1n) is 6.20. The van der Waals surface area contributed by atoms with Gasteiger partial charge < -0.3 is 9.73 Å². The summed E-state index contributed by atoms with van der Waals surface area (Å²) in [6, 6.07) is 8.87.